The summed E-state index contributed by atoms with van der Waals surface area (Å²) in [7, 11) is 0. The van der Waals surface area contributed by atoms with Crippen LogP contribution in [0.25, 0.3) is 0 Å². The van der Waals surface area contributed by atoms with E-state index >= 15 is 0 Å². The molecule has 0 aliphatic carbocycles. The molecule has 130 valence electrons. The number of anilines is 1. The highest BCUT2D eigenvalue weighted by Gasteiger charge is 2.18. The standard InChI is InChI=1S/C16H22FN5O2/c1-11(2)16(14-4-3-12(17)7-19-14)21-13-8-20-22(9-13)10-15(24)18-5-6-23/h3-4,7-9,11,16,21,23H,5-6,10H2,1-2H3,(H,18,24). The van der Waals surface area contributed by atoms with Gasteiger partial charge in [-0.1, -0.05) is 13.8 Å². The number of amides is 1. The lowest BCUT2D eigenvalue weighted by Crippen LogP contribution is -2.30. The molecule has 1 atom stereocenters. The summed E-state index contributed by atoms with van der Waals surface area (Å²) in [5, 5.41) is 18.7. The minimum Gasteiger partial charge on any atom is -0.395 e. The lowest BCUT2D eigenvalue weighted by atomic mass is 10.00. The van der Waals surface area contributed by atoms with Gasteiger partial charge in [0, 0.05) is 12.7 Å². The summed E-state index contributed by atoms with van der Waals surface area (Å²) in [5.74, 6) is -0.374. The van der Waals surface area contributed by atoms with E-state index in [-0.39, 0.29) is 43.4 Å². The van der Waals surface area contributed by atoms with Crippen LogP contribution >= 0.6 is 0 Å². The van der Waals surface area contributed by atoms with Gasteiger partial charge in [0.1, 0.15) is 12.4 Å². The van der Waals surface area contributed by atoms with Gasteiger partial charge in [-0.05, 0) is 18.1 Å². The van der Waals surface area contributed by atoms with Crippen molar-refractivity contribution < 1.29 is 14.3 Å². The number of carbonyl (C=O) groups excluding carboxylic acids is 1. The van der Waals surface area contributed by atoms with Crippen molar-refractivity contribution in [3.05, 3.63) is 42.2 Å². The first-order valence-corrected chi connectivity index (χ1v) is 7.77. The van der Waals surface area contributed by atoms with E-state index in [0.29, 0.717) is 0 Å². The summed E-state index contributed by atoms with van der Waals surface area (Å²) in [6.45, 7) is 4.27. The first kappa shape index (κ1) is 17.9. The van der Waals surface area contributed by atoms with Crippen molar-refractivity contribution in [3.63, 3.8) is 0 Å². The van der Waals surface area contributed by atoms with E-state index in [1.165, 1.54) is 16.9 Å². The summed E-state index contributed by atoms with van der Waals surface area (Å²) in [6.07, 6.45) is 4.54. The molecule has 24 heavy (non-hydrogen) atoms. The monoisotopic (exact) mass is 335 g/mol. The normalized spacial score (nSPS) is 12.2. The third kappa shape index (κ3) is 5.02. The Morgan fingerprint density at radius 2 is 2.17 bits per heavy atom. The number of nitrogens with one attached hydrogen (secondary N) is 2. The fraction of sp³-hybridized carbons (Fsp3) is 0.438. The number of aliphatic hydroxyl groups excluding tert-OH is 1. The molecule has 1 amide bonds. The molecule has 0 spiro atoms. The number of halogens is 1. The average Bonchev–Trinajstić information content (AvgIpc) is 2.98. The van der Waals surface area contributed by atoms with Crippen molar-refractivity contribution in [2.24, 2.45) is 5.92 Å². The Hall–Kier alpha value is -2.48. The minimum absolute atomic E-state index is 0.0722. The maximum absolute atomic E-state index is 13.0. The van der Waals surface area contributed by atoms with Gasteiger partial charge in [0.25, 0.3) is 0 Å². The maximum atomic E-state index is 13.0. The number of aliphatic hydroxyl groups is 1. The van der Waals surface area contributed by atoms with E-state index in [1.807, 2.05) is 13.8 Å². The molecule has 0 bridgehead atoms. The third-order valence-corrected chi connectivity index (χ3v) is 3.43. The van der Waals surface area contributed by atoms with Crippen molar-refractivity contribution in [1.29, 1.82) is 0 Å². The van der Waals surface area contributed by atoms with Crippen molar-refractivity contribution in [2.45, 2.75) is 26.4 Å². The highest BCUT2D eigenvalue weighted by molar-refractivity contribution is 5.75. The SMILES string of the molecule is CC(C)C(Nc1cnn(CC(=O)NCCO)c1)c1ccc(F)cn1. The molecule has 0 saturated carbocycles. The van der Waals surface area contributed by atoms with E-state index in [2.05, 4.69) is 20.7 Å². The molecule has 2 heterocycles. The fourth-order valence-electron chi connectivity index (χ4n) is 2.26. The number of rotatable bonds is 8. The number of carbonyl (C=O) groups is 1. The molecule has 0 radical (unpaired) electrons. The van der Waals surface area contributed by atoms with Crippen LogP contribution in [0.1, 0.15) is 25.6 Å². The Bertz CT molecular complexity index is 657. The Morgan fingerprint density at radius 1 is 1.38 bits per heavy atom. The van der Waals surface area contributed by atoms with Gasteiger partial charge in [-0.2, -0.15) is 5.10 Å². The highest BCUT2D eigenvalue weighted by Crippen LogP contribution is 2.25. The van der Waals surface area contributed by atoms with Gasteiger partial charge in [0.05, 0.1) is 36.4 Å². The Morgan fingerprint density at radius 3 is 2.79 bits per heavy atom. The molecule has 0 aromatic carbocycles. The molecule has 2 aromatic heterocycles. The van der Waals surface area contributed by atoms with Crippen LogP contribution in [-0.2, 0) is 11.3 Å². The van der Waals surface area contributed by atoms with Gasteiger partial charge in [-0.25, -0.2) is 4.39 Å². The van der Waals surface area contributed by atoms with Crippen LogP contribution in [0.3, 0.4) is 0 Å². The first-order valence-electron chi connectivity index (χ1n) is 7.77. The lowest BCUT2D eigenvalue weighted by Gasteiger charge is -2.22. The van der Waals surface area contributed by atoms with Crippen molar-refractivity contribution in [1.82, 2.24) is 20.1 Å². The third-order valence-electron chi connectivity index (χ3n) is 3.43. The lowest BCUT2D eigenvalue weighted by molar-refractivity contribution is -0.122. The fourth-order valence-corrected chi connectivity index (χ4v) is 2.26. The molecular weight excluding hydrogens is 313 g/mol. The quantitative estimate of drug-likeness (QED) is 0.677. The molecule has 2 aromatic rings. The largest absolute Gasteiger partial charge is 0.395 e. The van der Waals surface area contributed by atoms with E-state index in [0.717, 1.165) is 11.4 Å². The predicted octanol–water partition coefficient (Wildman–Crippen LogP) is 1.33. The molecule has 0 fully saturated rings. The number of pyridine rings is 1. The summed E-state index contributed by atoms with van der Waals surface area (Å²) >= 11 is 0. The van der Waals surface area contributed by atoms with Crippen LogP contribution < -0.4 is 10.6 Å². The van der Waals surface area contributed by atoms with Crippen molar-refractivity contribution in [3.8, 4) is 0 Å². The number of nitrogens with zero attached hydrogens (tertiary/aromatic N) is 3. The van der Waals surface area contributed by atoms with E-state index in [4.69, 9.17) is 5.11 Å². The second-order valence-electron chi connectivity index (χ2n) is 5.77. The van der Waals surface area contributed by atoms with Gasteiger partial charge in [-0.3, -0.25) is 14.5 Å². The van der Waals surface area contributed by atoms with Crippen LogP contribution in [0.5, 0.6) is 0 Å². The summed E-state index contributed by atoms with van der Waals surface area (Å²) in [5.41, 5.74) is 1.48. The van der Waals surface area contributed by atoms with E-state index in [1.54, 1.807) is 18.5 Å². The zero-order valence-corrected chi connectivity index (χ0v) is 13.7. The topological polar surface area (TPSA) is 92.1 Å². The van der Waals surface area contributed by atoms with Gasteiger partial charge in [0.15, 0.2) is 0 Å². The molecule has 3 N–H and O–H groups in total. The maximum Gasteiger partial charge on any atom is 0.241 e. The Labute approximate surface area is 139 Å². The molecule has 0 aliphatic rings. The number of aromatic nitrogens is 3. The summed E-state index contributed by atoms with van der Waals surface area (Å²) in [4.78, 5) is 15.7. The second-order valence-corrected chi connectivity index (χ2v) is 5.77. The zero-order valence-electron chi connectivity index (χ0n) is 13.7. The van der Waals surface area contributed by atoms with E-state index < -0.39 is 0 Å². The molecule has 8 heteroatoms. The van der Waals surface area contributed by atoms with Gasteiger partial charge in [0.2, 0.25) is 5.91 Å². The number of hydrogen-bond acceptors (Lipinski definition) is 5. The number of hydrogen-bond donors (Lipinski definition) is 3. The molecule has 1 unspecified atom stereocenters. The Balaban J connectivity index is 2.03. The van der Waals surface area contributed by atoms with Crippen LogP contribution in [0, 0.1) is 11.7 Å². The summed E-state index contributed by atoms with van der Waals surface area (Å²) < 4.78 is 14.5. The zero-order chi connectivity index (χ0) is 17.5. The van der Waals surface area contributed by atoms with Crippen LogP contribution in [0.15, 0.2) is 30.7 Å². The molecule has 7 nitrogen and oxygen atoms in total. The van der Waals surface area contributed by atoms with E-state index in [9.17, 15) is 9.18 Å². The second kappa shape index (κ2) is 8.39. The summed E-state index contributed by atoms with van der Waals surface area (Å²) in [6, 6.07) is 2.93. The molecule has 2 rings (SSSR count). The van der Waals surface area contributed by atoms with Gasteiger partial charge in [-0.15, -0.1) is 0 Å². The van der Waals surface area contributed by atoms with Crippen LogP contribution in [-0.4, -0.2) is 38.9 Å². The molecule has 0 saturated heterocycles. The molecular formula is C16H22FN5O2. The predicted molar refractivity (Wildman–Crippen MR) is 87.7 cm³/mol. The van der Waals surface area contributed by atoms with Gasteiger partial charge < -0.3 is 15.7 Å². The molecule has 0 aliphatic heterocycles. The van der Waals surface area contributed by atoms with Crippen LogP contribution in [0.4, 0.5) is 10.1 Å². The van der Waals surface area contributed by atoms with Gasteiger partial charge >= 0.3 is 0 Å². The Kier molecular flexibility index (Phi) is 6.25. The smallest absolute Gasteiger partial charge is 0.241 e. The average molecular weight is 335 g/mol. The highest BCUT2D eigenvalue weighted by atomic mass is 19.1. The minimum atomic E-state index is -0.372. The first-order chi connectivity index (χ1) is 11.5. The van der Waals surface area contributed by atoms with Crippen molar-refractivity contribution in [2.75, 3.05) is 18.5 Å². The van der Waals surface area contributed by atoms with Crippen molar-refractivity contribution >= 4 is 11.6 Å². The van der Waals surface area contributed by atoms with Crippen LogP contribution in [0.2, 0.25) is 0 Å².